The fourth-order valence-corrected chi connectivity index (χ4v) is 7.47. The van der Waals surface area contributed by atoms with Gasteiger partial charge in [-0.15, -0.1) is 0 Å². The molecule has 1 aromatic rings. The van der Waals surface area contributed by atoms with Crippen LogP contribution in [0, 0.1) is 23.6 Å². The van der Waals surface area contributed by atoms with E-state index in [1.54, 1.807) is 7.11 Å². The van der Waals surface area contributed by atoms with Crippen LogP contribution in [0.4, 0.5) is 4.39 Å². The van der Waals surface area contributed by atoms with Crippen molar-refractivity contribution in [3.63, 3.8) is 0 Å². The van der Waals surface area contributed by atoms with Crippen molar-refractivity contribution >= 4 is 27.7 Å². The first-order valence-electron chi connectivity index (χ1n) is 10.7. The number of hydrogen-bond donors (Lipinski definition) is 1. The molecule has 10 heteroatoms. The van der Waals surface area contributed by atoms with Crippen molar-refractivity contribution in [1.29, 1.82) is 0 Å². The van der Waals surface area contributed by atoms with Crippen LogP contribution in [-0.4, -0.2) is 50.5 Å². The summed E-state index contributed by atoms with van der Waals surface area (Å²) >= 11 is 6.33. The third-order valence-electron chi connectivity index (χ3n) is 7.47. The molecule has 170 valence electrons. The van der Waals surface area contributed by atoms with E-state index in [-0.39, 0.29) is 22.5 Å². The molecule has 5 fully saturated rings. The summed E-state index contributed by atoms with van der Waals surface area (Å²) in [7, 11) is -2.19. The summed E-state index contributed by atoms with van der Waals surface area (Å²) in [5.74, 6) is -0.429. The topological polar surface area (TPSA) is 84.9 Å². The Kier molecular flexibility index (Phi) is 5.23. The molecule has 1 amide bonds. The lowest BCUT2D eigenvalue weighted by Crippen LogP contribution is -2.59. The number of rotatable bonds is 6. The maximum atomic E-state index is 14.8. The van der Waals surface area contributed by atoms with Crippen molar-refractivity contribution in [2.24, 2.45) is 17.8 Å². The molecule has 31 heavy (non-hydrogen) atoms. The van der Waals surface area contributed by atoms with Crippen molar-refractivity contribution in [1.82, 2.24) is 9.03 Å². The normalized spacial score (nSPS) is 34.4. The Morgan fingerprint density at radius 2 is 1.90 bits per heavy atom. The van der Waals surface area contributed by atoms with E-state index >= 15 is 0 Å². The van der Waals surface area contributed by atoms with E-state index in [9.17, 15) is 17.6 Å². The highest BCUT2D eigenvalue weighted by molar-refractivity contribution is 7.87. The lowest BCUT2D eigenvalue weighted by molar-refractivity contribution is -0.182. The summed E-state index contributed by atoms with van der Waals surface area (Å²) in [5.41, 5.74) is -0.486. The molecular formula is C21H26ClFN2O5S. The van der Waals surface area contributed by atoms with E-state index in [1.165, 1.54) is 0 Å². The fraction of sp³-hybridized carbons (Fsp3) is 0.667. The highest BCUT2D eigenvalue weighted by Gasteiger charge is 2.56. The number of nitrogens with zero attached hydrogens (tertiary/aromatic N) is 1. The number of benzene rings is 1. The first kappa shape index (κ1) is 21.4. The summed E-state index contributed by atoms with van der Waals surface area (Å²) in [6, 6.07) is 2.23. The van der Waals surface area contributed by atoms with E-state index in [0.717, 1.165) is 55.0 Å². The molecule has 0 aromatic heterocycles. The van der Waals surface area contributed by atoms with Gasteiger partial charge in [0.25, 0.3) is 5.91 Å². The number of carbonyl (C=O) groups is 1. The van der Waals surface area contributed by atoms with Gasteiger partial charge in [-0.05, 0) is 62.3 Å². The Bertz CT molecular complexity index is 999. The summed E-state index contributed by atoms with van der Waals surface area (Å²) in [6.45, 7) is 0.682. The maximum Gasteiger partial charge on any atom is 0.304 e. The Morgan fingerprint density at radius 3 is 2.48 bits per heavy atom. The van der Waals surface area contributed by atoms with E-state index in [2.05, 4.69) is 0 Å². The van der Waals surface area contributed by atoms with Crippen LogP contribution in [0.2, 0.25) is 5.02 Å². The molecule has 4 saturated carbocycles. The molecule has 0 radical (unpaired) electrons. The van der Waals surface area contributed by atoms with Gasteiger partial charge < -0.3 is 9.47 Å². The second-order valence-electron chi connectivity index (χ2n) is 9.39. The lowest BCUT2D eigenvalue weighted by Gasteiger charge is -2.58. The van der Waals surface area contributed by atoms with E-state index < -0.39 is 27.5 Å². The monoisotopic (exact) mass is 472 g/mol. The Labute approximate surface area is 186 Å². The maximum absolute atomic E-state index is 14.8. The second kappa shape index (κ2) is 7.57. The van der Waals surface area contributed by atoms with Crippen LogP contribution < -0.4 is 9.46 Å². The van der Waals surface area contributed by atoms with Crippen molar-refractivity contribution in [2.75, 3.05) is 20.2 Å². The van der Waals surface area contributed by atoms with Gasteiger partial charge in [-0.3, -0.25) is 4.79 Å². The van der Waals surface area contributed by atoms with E-state index in [4.69, 9.17) is 21.1 Å². The SMILES string of the molecule is CO[C@]12CC3CC(C1)[C@@H](Oc1cc(F)c(C(=O)NS(=O)(=O)N4CCC4)cc1Cl)C(C3)C2. The highest BCUT2D eigenvalue weighted by atomic mass is 35.5. The smallest absolute Gasteiger partial charge is 0.304 e. The highest BCUT2D eigenvalue weighted by Crippen LogP contribution is 2.58. The van der Waals surface area contributed by atoms with Crippen molar-refractivity contribution in [3.05, 3.63) is 28.5 Å². The molecule has 7 nitrogen and oxygen atoms in total. The molecule has 5 aliphatic rings. The fourth-order valence-electron chi connectivity index (χ4n) is 6.05. The third kappa shape index (κ3) is 3.73. The van der Waals surface area contributed by atoms with Crippen LogP contribution in [0.15, 0.2) is 12.1 Å². The van der Waals surface area contributed by atoms with Crippen LogP contribution in [0.25, 0.3) is 0 Å². The standard InChI is InChI=1S/C21H26ClFN2O5S/c1-29-21-9-12-5-13(10-21)19(14(6-12)11-21)30-18-8-17(23)15(7-16(18)22)20(26)24-31(27,28)25-3-2-4-25/h7-8,12-14,19H,2-6,9-11H2,1H3,(H,24,26)/t12?,13?,14?,19-,21-. The average Bonchev–Trinajstić information content (AvgIpc) is 2.64. The third-order valence-corrected chi connectivity index (χ3v) is 9.25. The first-order chi connectivity index (χ1) is 14.7. The van der Waals surface area contributed by atoms with Crippen molar-refractivity contribution in [2.45, 2.75) is 50.2 Å². The summed E-state index contributed by atoms with van der Waals surface area (Å²) < 4.78 is 54.1. The van der Waals surface area contributed by atoms with Gasteiger partial charge in [0.2, 0.25) is 0 Å². The van der Waals surface area contributed by atoms with Gasteiger partial charge in [0, 0.05) is 26.3 Å². The van der Waals surface area contributed by atoms with Gasteiger partial charge in [0.05, 0.1) is 16.2 Å². The Morgan fingerprint density at radius 1 is 1.23 bits per heavy atom. The van der Waals surface area contributed by atoms with Gasteiger partial charge >= 0.3 is 10.2 Å². The predicted octanol–water partition coefficient (Wildman–Crippen LogP) is 3.13. The zero-order valence-electron chi connectivity index (χ0n) is 17.3. The molecule has 2 atom stereocenters. The summed E-state index contributed by atoms with van der Waals surface area (Å²) in [4.78, 5) is 12.4. The van der Waals surface area contributed by atoms with Gasteiger partial charge in [-0.2, -0.15) is 12.7 Å². The number of nitrogens with one attached hydrogen (secondary N) is 1. The zero-order chi connectivity index (χ0) is 22.0. The largest absolute Gasteiger partial charge is 0.488 e. The summed E-state index contributed by atoms with van der Waals surface area (Å²) in [6.07, 6.45) is 5.76. The molecule has 1 heterocycles. The molecule has 6 rings (SSSR count). The minimum atomic E-state index is -3.97. The Hall–Kier alpha value is -1.42. The van der Waals surface area contributed by atoms with Gasteiger partial charge in [0.1, 0.15) is 17.7 Å². The lowest BCUT2D eigenvalue weighted by atomic mass is 9.53. The average molecular weight is 473 g/mol. The van der Waals surface area contributed by atoms with Crippen LogP contribution in [0.1, 0.15) is 48.9 Å². The van der Waals surface area contributed by atoms with Crippen LogP contribution in [0.3, 0.4) is 0 Å². The van der Waals surface area contributed by atoms with Crippen LogP contribution in [-0.2, 0) is 14.9 Å². The molecule has 1 aliphatic heterocycles. The van der Waals surface area contributed by atoms with Gasteiger partial charge in [0.15, 0.2) is 0 Å². The number of hydrogen-bond acceptors (Lipinski definition) is 5. The van der Waals surface area contributed by atoms with E-state index in [0.29, 0.717) is 30.8 Å². The van der Waals surface area contributed by atoms with E-state index in [1.807, 2.05) is 4.72 Å². The number of methoxy groups -OCH3 is 1. The second-order valence-corrected chi connectivity index (χ2v) is 11.5. The van der Waals surface area contributed by atoms with Gasteiger partial charge in [-0.25, -0.2) is 9.11 Å². The molecule has 1 N–H and O–H groups in total. The van der Waals surface area contributed by atoms with Crippen LogP contribution >= 0.6 is 11.6 Å². The quantitative estimate of drug-likeness (QED) is 0.687. The Balaban J connectivity index is 1.33. The molecule has 4 bridgehead atoms. The molecule has 4 aliphatic carbocycles. The van der Waals surface area contributed by atoms with Crippen molar-refractivity contribution < 1.29 is 27.1 Å². The zero-order valence-corrected chi connectivity index (χ0v) is 18.8. The minimum absolute atomic E-state index is 0.0602. The minimum Gasteiger partial charge on any atom is -0.488 e. The molecular weight excluding hydrogens is 447 g/mol. The predicted molar refractivity (Wildman–Crippen MR) is 112 cm³/mol. The number of amides is 1. The molecule has 0 spiro atoms. The molecule has 1 aromatic carbocycles. The first-order valence-corrected chi connectivity index (χ1v) is 12.5. The number of carbonyl (C=O) groups excluding carboxylic acids is 1. The number of halogens is 2. The van der Waals surface area contributed by atoms with Crippen molar-refractivity contribution in [3.8, 4) is 5.75 Å². The molecule has 2 unspecified atom stereocenters. The summed E-state index contributed by atoms with van der Waals surface area (Å²) in [5, 5.41) is 0.0863. The number of ether oxygens (including phenoxy) is 2. The van der Waals surface area contributed by atoms with Crippen LogP contribution in [0.5, 0.6) is 5.75 Å². The van der Waals surface area contributed by atoms with Gasteiger partial charge in [-0.1, -0.05) is 11.6 Å². The molecule has 1 saturated heterocycles.